The van der Waals surface area contributed by atoms with Crippen LogP contribution in [0.4, 0.5) is 0 Å². The molecule has 0 atom stereocenters. The van der Waals surface area contributed by atoms with Crippen LogP contribution >= 0.6 is 11.3 Å². The molecule has 0 amide bonds. The van der Waals surface area contributed by atoms with Gasteiger partial charge in [-0.25, -0.2) is 4.79 Å². The van der Waals surface area contributed by atoms with Gasteiger partial charge in [-0.1, -0.05) is 19.1 Å². The summed E-state index contributed by atoms with van der Waals surface area (Å²) in [5, 5.41) is 14.5. The average molecular weight is 305 g/mol. The van der Waals surface area contributed by atoms with E-state index in [-0.39, 0.29) is 5.56 Å². The summed E-state index contributed by atoms with van der Waals surface area (Å²) in [6, 6.07) is 8.84. The molecule has 1 heterocycles. The molecule has 0 aliphatic heterocycles. The van der Waals surface area contributed by atoms with Gasteiger partial charge < -0.3 is 15.2 Å². The number of para-hydroxylation sites is 1. The highest BCUT2D eigenvalue weighted by Gasteiger charge is 2.09. The van der Waals surface area contributed by atoms with Crippen LogP contribution in [0.1, 0.15) is 27.7 Å². The van der Waals surface area contributed by atoms with Gasteiger partial charge in [-0.3, -0.25) is 0 Å². The number of carbonyl (C=O) groups is 1. The number of thiophene rings is 1. The molecular formula is C16H19NO3S. The first-order valence-corrected chi connectivity index (χ1v) is 7.81. The van der Waals surface area contributed by atoms with Gasteiger partial charge in [0.2, 0.25) is 0 Å². The Morgan fingerprint density at radius 2 is 2.14 bits per heavy atom. The topological polar surface area (TPSA) is 58.6 Å². The quantitative estimate of drug-likeness (QED) is 0.735. The fourth-order valence-corrected chi connectivity index (χ4v) is 2.99. The van der Waals surface area contributed by atoms with E-state index in [1.807, 2.05) is 0 Å². The molecule has 0 bridgehead atoms. The molecule has 0 spiro atoms. The second kappa shape index (κ2) is 7.81. The van der Waals surface area contributed by atoms with Crippen LogP contribution in [0.5, 0.6) is 5.75 Å². The van der Waals surface area contributed by atoms with E-state index in [1.54, 1.807) is 35.6 Å². The predicted octanol–water partition coefficient (Wildman–Crippen LogP) is 3.18. The summed E-state index contributed by atoms with van der Waals surface area (Å²) in [6.45, 7) is 4.09. The van der Waals surface area contributed by atoms with Gasteiger partial charge in [0.05, 0.1) is 0 Å². The first kappa shape index (κ1) is 15.5. The summed E-state index contributed by atoms with van der Waals surface area (Å²) in [6.07, 6.45) is 1.04. The highest BCUT2D eigenvalue weighted by atomic mass is 32.1. The highest BCUT2D eigenvalue weighted by Crippen LogP contribution is 2.18. The second-order valence-corrected chi connectivity index (χ2v) is 5.55. The fourth-order valence-electron chi connectivity index (χ4n) is 2.04. The third-order valence-corrected chi connectivity index (χ3v) is 4.12. The number of carboxylic acids is 1. The summed E-state index contributed by atoms with van der Waals surface area (Å²) in [4.78, 5) is 12.4. The molecule has 5 heteroatoms. The summed E-state index contributed by atoms with van der Waals surface area (Å²) >= 11 is 1.75. The van der Waals surface area contributed by atoms with Crippen LogP contribution in [0.2, 0.25) is 0 Å². The molecule has 2 aromatic rings. The van der Waals surface area contributed by atoms with Gasteiger partial charge in [0.15, 0.2) is 0 Å². The summed E-state index contributed by atoms with van der Waals surface area (Å²) in [5.41, 5.74) is 1.58. The Hall–Kier alpha value is -1.85. The Labute approximate surface area is 128 Å². The molecular weight excluding hydrogens is 286 g/mol. The molecule has 2 N–H and O–H groups in total. The maximum atomic E-state index is 11.0. The third kappa shape index (κ3) is 4.31. The van der Waals surface area contributed by atoms with Crippen LogP contribution in [0.3, 0.4) is 0 Å². The van der Waals surface area contributed by atoms with Gasteiger partial charge >= 0.3 is 5.97 Å². The Balaban J connectivity index is 1.77. The SMILES string of the molecule is CCc1ccsc1CNCCOc1ccccc1C(=O)O. The lowest BCUT2D eigenvalue weighted by atomic mass is 10.2. The zero-order valence-electron chi connectivity index (χ0n) is 12.0. The minimum Gasteiger partial charge on any atom is -0.491 e. The van der Waals surface area contributed by atoms with E-state index in [2.05, 4.69) is 23.7 Å². The van der Waals surface area contributed by atoms with Crippen molar-refractivity contribution in [1.29, 1.82) is 0 Å². The van der Waals surface area contributed by atoms with Gasteiger partial charge in [-0.2, -0.15) is 0 Å². The van der Waals surface area contributed by atoms with E-state index in [9.17, 15) is 4.79 Å². The van der Waals surface area contributed by atoms with Crippen LogP contribution in [0.15, 0.2) is 35.7 Å². The van der Waals surface area contributed by atoms with Gasteiger partial charge in [-0.05, 0) is 35.6 Å². The number of rotatable bonds is 8. The van der Waals surface area contributed by atoms with E-state index in [0.717, 1.165) is 13.0 Å². The van der Waals surface area contributed by atoms with Gasteiger partial charge in [0.25, 0.3) is 0 Å². The van der Waals surface area contributed by atoms with Crippen molar-refractivity contribution in [2.24, 2.45) is 0 Å². The normalized spacial score (nSPS) is 10.5. The lowest BCUT2D eigenvalue weighted by Crippen LogP contribution is -2.21. The van der Waals surface area contributed by atoms with Gasteiger partial charge in [-0.15, -0.1) is 11.3 Å². The number of nitrogens with one attached hydrogen (secondary N) is 1. The van der Waals surface area contributed by atoms with Crippen molar-refractivity contribution in [3.8, 4) is 5.75 Å². The first-order chi connectivity index (χ1) is 10.2. The number of hydrogen-bond acceptors (Lipinski definition) is 4. The van der Waals surface area contributed by atoms with Crippen LogP contribution < -0.4 is 10.1 Å². The number of hydrogen-bond donors (Lipinski definition) is 2. The molecule has 0 saturated heterocycles. The largest absolute Gasteiger partial charge is 0.491 e. The number of ether oxygens (including phenoxy) is 1. The Morgan fingerprint density at radius 1 is 1.33 bits per heavy atom. The summed E-state index contributed by atoms with van der Waals surface area (Å²) in [5.74, 6) is -0.554. The van der Waals surface area contributed by atoms with Crippen molar-refractivity contribution in [3.05, 3.63) is 51.7 Å². The summed E-state index contributed by atoms with van der Waals surface area (Å²) < 4.78 is 5.53. The summed E-state index contributed by atoms with van der Waals surface area (Å²) in [7, 11) is 0. The molecule has 21 heavy (non-hydrogen) atoms. The predicted molar refractivity (Wildman–Crippen MR) is 84.3 cm³/mol. The van der Waals surface area contributed by atoms with Gasteiger partial charge in [0, 0.05) is 18.0 Å². The molecule has 0 fully saturated rings. The molecule has 2 rings (SSSR count). The molecule has 0 aliphatic rings. The van der Waals surface area contributed by atoms with Crippen LogP contribution in [-0.4, -0.2) is 24.2 Å². The lowest BCUT2D eigenvalue weighted by Gasteiger charge is -2.09. The monoisotopic (exact) mass is 305 g/mol. The van der Waals surface area contributed by atoms with Crippen molar-refractivity contribution >= 4 is 17.3 Å². The molecule has 0 unspecified atom stereocenters. The number of aromatic carboxylic acids is 1. The second-order valence-electron chi connectivity index (χ2n) is 4.55. The minimum atomic E-state index is -0.968. The molecule has 1 aromatic heterocycles. The smallest absolute Gasteiger partial charge is 0.339 e. The van der Waals surface area contributed by atoms with Crippen LogP contribution in [-0.2, 0) is 13.0 Å². The standard InChI is InChI=1S/C16H19NO3S/c1-2-12-7-10-21-15(12)11-17-8-9-20-14-6-4-3-5-13(14)16(18)19/h3-7,10,17H,2,8-9,11H2,1H3,(H,18,19). The van der Waals surface area contributed by atoms with E-state index in [4.69, 9.17) is 9.84 Å². The van der Waals surface area contributed by atoms with Crippen molar-refractivity contribution in [2.75, 3.05) is 13.2 Å². The molecule has 112 valence electrons. The number of carboxylic acid groups (broad SMARTS) is 1. The highest BCUT2D eigenvalue weighted by molar-refractivity contribution is 7.10. The van der Waals surface area contributed by atoms with E-state index in [1.165, 1.54) is 10.4 Å². The Bertz CT molecular complexity index is 595. The van der Waals surface area contributed by atoms with Gasteiger partial charge in [0.1, 0.15) is 17.9 Å². The van der Waals surface area contributed by atoms with E-state index in [0.29, 0.717) is 18.9 Å². The zero-order valence-corrected chi connectivity index (χ0v) is 12.8. The Kier molecular flexibility index (Phi) is 5.78. The molecule has 0 saturated carbocycles. The third-order valence-electron chi connectivity index (χ3n) is 3.16. The fraction of sp³-hybridized carbons (Fsp3) is 0.312. The molecule has 0 radical (unpaired) electrons. The van der Waals surface area contributed by atoms with Crippen molar-refractivity contribution in [3.63, 3.8) is 0 Å². The van der Waals surface area contributed by atoms with Crippen molar-refractivity contribution in [2.45, 2.75) is 19.9 Å². The first-order valence-electron chi connectivity index (χ1n) is 6.93. The van der Waals surface area contributed by atoms with Crippen molar-refractivity contribution < 1.29 is 14.6 Å². The van der Waals surface area contributed by atoms with E-state index >= 15 is 0 Å². The number of benzene rings is 1. The van der Waals surface area contributed by atoms with Crippen LogP contribution in [0, 0.1) is 0 Å². The maximum Gasteiger partial charge on any atom is 0.339 e. The zero-order chi connectivity index (χ0) is 15.1. The lowest BCUT2D eigenvalue weighted by molar-refractivity contribution is 0.0692. The minimum absolute atomic E-state index is 0.198. The average Bonchev–Trinajstić information content (AvgIpc) is 2.94. The van der Waals surface area contributed by atoms with E-state index < -0.39 is 5.97 Å². The molecule has 4 nitrogen and oxygen atoms in total. The van der Waals surface area contributed by atoms with Crippen LogP contribution in [0.25, 0.3) is 0 Å². The molecule has 0 aliphatic carbocycles. The molecule has 1 aromatic carbocycles. The van der Waals surface area contributed by atoms with Crippen molar-refractivity contribution in [1.82, 2.24) is 5.32 Å². The number of aryl methyl sites for hydroxylation is 1. The Morgan fingerprint density at radius 3 is 2.90 bits per heavy atom. The maximum absolute atomic E-state index is 11.0.